The molecule has 1 fully saturated rings. The van der Waals surface area contributed by atoms with Crippen molar-refractivity contribution in [1.82, 2.24) is 5.32 Å². The molecule has 0 spiro atoms. The van der Waals surface area contributed by atoms with Gasteiger partial charge in [0, 0.05) is 35.0 Å². The largest absolute Gasteiger partial charge is 0.376 e. The average molecular weight is 359 g/mol. The predicted molar refractivity (Wildman–Crippen MR) is 97.2 cm³/mol. The minimum atomic E-state index is -0.252. The average Bonchev–Trinajstić information content (AvgIpc) is 3.14. The Hall–Kier alpha value is -2.37. The third-order valence-corrected chi connectivity index (χ3v) is 4.24. The Kier molecular flexibility index (Phi) is 5.68. The van der Waals surface area contributed by atoms with E-state index in [1.807, 2.05) is 0 Å². The van der Waals surface area contributed by atoms with Crippen LogP contribution < -0.4 is 10.6 Å². The lowest BCUT2D eigenvalue weighted by Crippen LogP contribution is -2.31. The van der Waals surface area contributed by atoms with E-state index in [1.165, 1.54) is 0 Å². The van der Waals surface area contributed by atoms with Gasteiger partial charge in [-0.1, -0.05) is 17.7 Å². The molecule has 0 radical (unpaired) electrons. The third-order valence-electron chi connectivity index (χ3n) is 4.01. The van der Waals surface area contributed by atoms with Crippen LogP contribution in [0.5, 0.6) is 0 Å². The number of amides is 2. The number of halogens is 1. The molecule has 2 aromatic carbocycles. The van der Waals surface area contributed by atoms with Crippen LogP contribution in [0.25, 0.3) is 0 Å². The van der Waals surface area contributed by atoms with E-state index in [0.29, 0.717) is 28.4 Å². The Morgan fingerprint density at radius 3 is 2.56 bits per heavy atom. The van der Waals surface area contributed by atoms with Gasteiger partial charge in [-0.15, -0.1) is 0 Å². The van der Waals surface area contributed by atoms with Gasteiger partial charge in [-0.2, -0.15) is 0 Å². The summed E-state index contributed by atoms with van der Waals surface area (Å²) in [6.45, 7) is 1.29. The summed E-state index contributed by atoms with van der Waals surface area (Å²) >= 11 is 5.89. The number of hydrogen-bond donors (Lipinski definition) is 2. The summed E-state index contributed by atoms with van der Waals surface area (Å²) in [6, 6.07) is 13.5. The highest BCUT2D eigenvalue weighted by molar-refractivity contribution is 6.31. The van der Waals surface area contributed by atoms with Crippen molar-refractivity contribution in [1.29, 1.82) is 0 Å². The maximum Gasteiger partial charge on any atom is 0.255 e. The van der Waals surface area contributed by atoms with E-state index in [1.54, 1.807) is 48.5 Å². The topological polar surface area (TPSA) is 67.4 Å². The van der Waals surface area contributed by atoms with Gasteiger partial charge in [0.05, 0.1) is 6.10 Å². The van der Waals surface area contributed by atoms with E-state index >= 15 is 0 Å². The van der Waals surface area contributed by atoms with Gasteiger partial charge in [-0.05, 0) is 55.3 Å². The highest BCUT2D eigenvalue weighted by Gasteiger charge is 2.16. The Balaban J connectivity index is 1.56. The van der Waals surface area contributed by atoms with E-state index < -0.39 is 0 Å². The van der Waals surface area contributed by atoms with Crippen molar-refractivity contribution >= 4 is 29.1 Å². The summed E-state index contributed by atoms with van der Waals surface area (Å²) in [7, 11) is 0. The molecule has 0 unspecified atom stereocenters. The van der Waals surface area contributed by atoms with Crippen LogP contribution in [0.2, 0.25) is 5.02 Å². The summed E-state index contributed by atoms with van der Waals surface area (Å²) in [5.74, 6) is -0.402. The normalized spacial score (nSPS) is 16.4. The SMILES string of the molecule is O=C(NC[C@H]1CCCO1)c1ccc(NC(=O)c2cccc(Cl)c2)cc1. The van der Waals surface area contributed by atoms with E-state index in [0.717, 1.165) is 19.4 Å². The molecular weight excluding hydrogens is 340 g/mol. The maximum atomic E-state index is 12.2. The summed E-state index contributed by atoms with van der Waals surface area (Å²) in [5.41, 5.74) is 1.63. The Morgan fingerprint density at radius 1 is 1.08 bits per heavy atom. The van der Waals surface area contributed by atoms with Crippen molar-refractivity contribution in [3.8, 4) is 0 Å². The third kappa shape index (κ3) is 4.81. The zero-order valence-electron chi connectivity index (χ0n) is 13.6. The first-order chi connectivity index (χ1) is 12.1. The maximum absolute atomic E-state index is 12.2. The second-order valence-corrected chi connectivity index (χ2v) is 6.32. The molecular formula is C19H19ClN2O3. The molecule has 0 bridgehead atoms. The second-order valence-electron chi connectivity index (χ2n) is 5.89. The van der Waals surface area contributed by atoms with Crippen molar-refractivity contribution in [2.75, 3.05) is 18.5 Å². The molecule has 2 N–H and O–H groups in total. The zero-order chi connectivity index (χ0) is 17.6. The summed E-state index contributed by atoms with van der Waals surface area (Å²) in [5, 5.41) is 6.15. The molecule has 5 nitrogen and oxygen atoms in total. The van der Waals surface area contributed by atoms with Crippen LogP contribution in [0.4, 0.5) is 5.69 Å². The number of anilines is 1. The number of benzene rings is 2. The summed E-state index contributed by atoms with van der Waals surface area (Å²) < 4.78 is 5.48. The van der Waals surface area contributed by atoms with Crippen molar-refractivity contribution in [2.24, 2.45) is 0 Å². The van der Waals surface area contributed by atoms with Crippen LogP contribution in [-0.4, -0.2) is 31.1 Å². The van der Waals surface area contributed by atoms with E-state index in [4.69, 9.17) is 16.3 Å². The smallest absolute Gasteiger partial charge is 0.255 e. The molecule has 1 aliphatic rings. The quantitative estimate of drug-likeness (QED) is 0.859. The standard InChI is InChI=1S/C19H19ClN2O3/c20-15-4-1-3-14(11-15)19(24)22-16-8-6-13(7-9-16)18(23)21-12-17-5-2-10-25-17/h1,3-4,6-9,11,17H,2,5,10,12H2,(H,21,23)(H,22,24)/t17-/m1/s1. The Bertz CT molecular complexity index is 756. The number of carbonyl (C=O) groups excluding carboxylic acids is 2. The van der Waals surface area contributed by atoms with Gasteiger partial charge in [-0.25, -0.2) is 0 Å². The molecule has 2 aromatic rings. The van der Waals surface area contributed by atoms with Crippen LogP contribution in [0.1, 0.15) is 33.6 Å². The van der Waals surface area contributed by atoms with Crippen LogP contribution in [0, 0.1) is 0 Å². The molecule has 2 amide bonds. The fourth-order valence-corrected chi connectivity index (χ4v) is 2.84. The molecule has 130 valence electrons. The fraction of sp³-hybridized carbons (Fsp3) is 0.263. The van der Waals surface area contributed by atoms with Crippen molar-refractivity contribution < 1.29 is 14.3 Å². The Morgan fingerprint density at radius 2 is 1.88 bits per heavy atom. The van der Waals surface area contributed by atoms with Gasteiger partial charge in [0.2, 0.25) is 0 Å². The molecule has 3 rings (SSSR count). The molecule has 1 saturated heterocycles. The first-order valence-electron chi connectivity index (χ1n) is 8.18. The lowest BCUT2D eigenvalue weighted by molar-refractivity contribution is 0.0857. The minimum absolute atomic E-state index is 0.111. The predicted octanol–water partition coefficient (Wildman–Crippen LogP) is 3.50. The molecule has 1 atom stereocenters. The van der Waals surface area contributed by atoms with Crippen molar-refractivity contribution in [3.05, 3.63) is 64.7 Å². The van der Waals surface area contributed by atoms with E-state index in [9.17, 15) is 9.59 Å². The van der Waals surface area contributed by atoms with Crippen molar-refractivity contribution in [3.63, 3.8) is 0 Å². The zero-order valence-corrected chi connectivity index (χ0v) is 14.4. The van der Waals surface area contributed by atoms with E-state index in [2.05, 4.69) is 10.6 Å². The van der Waals surface area contributed by atoms with Gasteiger partial charge < -0.3 is 15.4 Å². The van der Waals surface area contributed by atoms with Crippen LogP contribution in [0.3, 0.4) is 0 Å². The van der Waals surface area contributed by atoms with Crippen LogP contribution >= 0.6 is 11.6 Å². The number of hydrogen-bond acceptors (Lipinski definition) is 3. The van der Waals surface area contributed by atoms with Crippen LogP contribution in [-0.2, 0) is 4.74 Å². The molecule has 0 aliphatic carbocycles. The summed E-state index contributed by atoms with van der Waals surface area (Å²) in [6.07, 6.45) is 2.14. The van der Waals surface area contributed by atoms with Gasteiger partial charge in [0.1, 0.15) is 0 Å². The first-order valence-corrected chi connectivity index (χ1v) is 8.56. The lowest BCUT2D eigenvalue weighted by atomic mass is 10.1. The van der Waals surface area contributed by atoms with Gasteiger partial charge >= 0.3 is 0 Å². The fourth-order valence-electron chi connectivity index (χ4n) is 2.65. The highest BCUT2D eigenvalue weighted by Crippen LogP contribution is 2.15. The number of ether oxygens (including phenoxy) is 1. The molecule has 25 heavy (non-hydrogen) atoms. The minimum Gasteiger partial charge on any atom is -0.376 e. The number of carbonyl (C=O) groups is 2. The lowest BCUT2D eigenvalue weighted by Gasteiger charge is -2.11. The molecule has 0 saturated carbocycles. The van der Waals surface area contributed by atoms with E-state index in [-0.39, 0.29) is 17.9 Å². The van der Waals surface area contributed by atoms with Gasteiger partial charge in [0.15, 0.2) is 0 Å². The molecule has 6 heteroatoms. The first kappa shape index (κ1) is 17.5. The number of nitrogens with one attached hydrogen (secondary N) is 2. The Labute approximate surface area is 151 Å². The monoisotopic (exact) mass is 358 g/mol. The van der Waals surface area contributed by atoms with Crippen molar-refractivity contribution in [2.45, 2.75) is 18.9 Å². The second kappa shape index (κ2) is 8.14. The highest BCUT2D eigenvalue weighted by atomic mass is 35.5. The molecule has 1 heterocycles. The van der Waals surface area contributed by atoms with Gasteiger partial charge in [0.25, 0.3) is 11.8 Å². The molecule has 0 aromatic heterocycles. The summed E-state index contributed by atoms with van der Waals surface area (Å²) in [4.78, 5) is 24.3. The van der Waals surface area contributed by atoms with Gasteiger partial charge in [-0.3, -0.25) is 9.59 Å². The van der Waals surface area contributed by atoms with Crippen LogP contribution in [0.15, 0.2) is 48.5 Å². The molecule has 1 aliphatic heterocycles. The number of rotatable bonds is 5.